The minimum absolute atomic E-state index is 0. The van der Waals surface area contributed by atoms with Crippen LogP contribution in [0.4, 0.5) is 0 Å². The van der Waals surface area contributed by atoms with E-state index in [2.05, 4.69) is 21.2 Å². The van der Waals surface area contributed by atoms with Crippen molar-refractivity contribution in [2.75, 3.05) is 6.54 Å². The Hall–Kier alpha value is -0.630. The van der Waals surface area contributed by atoms with E-state index < -0.39 is 14.6 Å². The first-order valence-electron chi connectivity index (χ1n) is 7.02. The highest BCUT2D eigenvalue weighted by molar-refractivity contribution is 9.10. The molecule has 3 N–H and O–H groups in total. The molecule has 23 heavy (non-hydrogen) atoms. The van der Waals surface area contributed by atoms with Gasteiger partial charge in [-0.25, -0.2) is 8.42 Å². The van der Waals surface area contributed by atoms with Crippen molar-refractivity contribution in [2.45, 2.75) is 43.4 Å². The smallest absolute Gasteiger partial charge is 0.224 e. The fraction of sp³-hybridized carbons (Fsp3) is 0.533. The maximum absolute atomic E-state index is 12.7. The first kappa shape index (κ1) is 22.4. The molecule has 0 aliphatic rings. The van der Waals surface area contributed by atoms with Gasteiger partial charge >= 0.3 is 0 Å². The molecule has 0 heterocycles. The fourth-order valence-electron chi connectivity index (χ4n) is 1.73. The first-order chi connectivity index (χ1) is 9.99. The number of nitrogens with one attached hydrogen (secondary N) is 1. The van der Waals surface area contributed by atoms with Crippen LogP contribution in [0.3, 0.4) is 0 Å². The zero-order chi connectivity index (χ0) is 17.1. The first-order valence-corrected chi connectivity index (χ1v) is 9.30. The molecule has 0 aromatic heterocycles. The second kappa shape index (κ2) is 8.46. The van der Waals surface area contributed by atoms with Gasteiger partial charge in [0.15, 0.2) is 9.84 Å². The Balaban J connectivity index is 0.00000484. The van der Waals surface area contributed by atoms with Gasteiger partial charge in [-0.05, 0) is 45.0 Å². The highest BCUT2D eigenvalue weighted by Crippen LogP contribution is 2.26. The predicted molar refractivity (Wildman–Crippen MR) is 98.5 cm³/mol. The van der Waals surface area contributed by atoms with E-state index in [-0.39, 0.29) is 41.7 Å². The molecule has 2 atom stereocenters. The second-order valence-electron chi connectivity index (χ2n) is 6.08. The summed E-state index contributed by atoms with van der Waals surface area (Å²) in [7, 11) is -3.56. The lowest BCUT2D eigenvalue weighted by atomic mass is 10.0. The lowest BCUT2D eigenvalue weighted by molar-refractivity contribution is -0.125. The molecule has 8 heteroatoms. The number of benzene rings is 1. The Morgan fingerprint density at radius 2 is 1.74 bits per heavy atom. The van der Waals surface area contributed by atoms with Gasteiger partial charge in [-0.3, -0.25) is 4.79 Å². The molecule has 1 rings (SSSR count). The number of hydrogen-bond donors (Lipinski definition) is 2. The fourth-order valence-corrected chi connectivity index (χ4v) is 3.39. The number of amides is 1. The minimum Gasteiger partial charge on any atom is -0.354 e. The summed E-state index contributed by atoms with van der Waals surface area (Å²) in [5.74, 6) is -0.611. The Kier molecular flexibility index (Phi) is 8.23. The average Bonchev–Trinajstić information content (AvgIpc) is 2.44. The SMILES string of the molecule is CC(N)C(C)C(=O)NCC(C)(C)S(=O)(=O)c1ccc(Br)cc1.Cl. The van der Waals surface area contributed by atoms with Crippen LogP contribution in [0.15, 0.2) is 33.6 Å². The summed E-state index contributed by atoms with van der Waals surface area (Å²) >= 11 is 3.28. The Labute approximate surface area is 152 Å². The Morgan fingerprint density at radius 1 is 1.26 bits per heavy atom. The van der Waals surface area contributed by atoms with Crippen LogP contribution in [0.2, 0.25) is 0 Å². The van der Waals surface area contributed by atoms with Crippen LogP contribution in [-0.4, -0.2) is 31.7 Å². The van der Waals surface area contributed by atoms with E-state index in [0.717, 1.165) is 4.47 Å². The standard InChI is InChI=1S/C15H23BrN2O3S.ClH/c1-10(11(2)17)14(19)18-9-15(3,4)22(20,21)13-7-5-12(16)6-8-13;/h5-8,10-11H,9,17H2,1-4H3,(H,18,19);1H. The van der Waals surface area contributed by atoms with Gasteiger partial charge in [-0.15, -0.1) is 12.4 Å². The van der Waals surface area contributed by atoms with E-state index in [4.69, 9.17) is 5.73 Å². The summed E-state index contributed by atoms with van der Waals surface area (Å²) in [5.41, 5.74) is 5.68. The monoisotopic (exact) mass is 426 g/mol. The van der Waals surface area contributed by atoms with Crippen LogP contribution >= 0.6 is 28.3 Å². The van der Waals surface area contributed by atoms with Gasteiger partial charge in [-0.1, -0.05) is 22.9 Å². The lowest BCUT2D eigenvalue weighted by Gasteiger charge is -2.26. The van der Waals surface area contributed by atoms with Crippen molar-refractivity contribution in [2.24, 2.45) is 11.7 Å². The number of halogens is 2. The van der Waals surface area contributed by atoms with E-state index in [9.17, 15) is 13.2 Å². The van der Waals surface area contributed by atoms with Gasteiger partial charge in [0, 0.05) is 23.0 Å². The largest absolute Gasteiger partial charge is 0.354 e. The number of carbonyl (C=O) groups is 1. The van der Waals surface area contributed by atoms with Gasteiger partial charge in [0.05, 0.1) is 9.64 Å². The summed E-state index contributed by atoms with van der Waals surface area (Å²) in [5, 5.41) is 2.68. The Bertz CT molecular complexity index is 631. The third-order valence-electron chi connectivity index (χ3n) is 3.74. The summed E-state index contributed by atoms with van der Waals surface area (Å²) in [6.45, 7) is 6.69. The molecule has 0 aliphatic heterocycles. The average molecular weight is 428 g/mol. The van der Waals surface area contributed by atoms with Crippen molar-refractivity contribution < 1.29 is 13.2 Å². The van der Waals surface area contributed by atoms with Crippen LogP contribution in [0.5, 0.6) is 0 Å². The van der Waals surface area contributed by atoms with Gasteiger partial charge in [0.1, 0.15) is 0 Å². The van der Waals surface area contributed by atoms with E-state index >= 15 is 0 Å². The highest BCUT2D eigenvalue weighted by Gasteiger charge is 2.36. The normalized spacial score (nSPS) is 14.5. The molecular weight excluding hydrogens is 404 g/mol. The molecule has 1 aromatic rings. The Morgan fingerprint density at radius 3 is 2.17 bits per heavy atom. The van der Waals surface area contributed by atoms with Crippen molar-refractivity contribution in [3.05, 3.63) is 28.7 Å². The van der Waals surface area contributed by atoms with Crippen molar-refractivity contribution in [1.29, 1.82) is 0 Å². The van der Waals surface area contributed by atoms with Crippen LogP contribution in [0.25, 0.3) is 0 Å². The van der Waals surface area contributed by atoms with Crippen molar-refractivity contribution in [3.8, 4) is 0 Å². The van der Waals surface area contributed by atoms with E-state index in [1.54, 1.807) is 52.0 Å². The van der Waals surface area contributed by atoms with Crippen LogP contribution in [0.1, 0.15) is 27.7 Å². The van der Waals surface area contributed by atoms with E-state index in [1.165, 1.54) is 0 Å². The number of carbonyl (C=O) groups excluding carboxylic acids is 1. The number of hydrogen-bond acceptors (Lipinski definition) is 4. The molecule has 2 unspecified atom stereocenters. The zero-order valence-electron chi connectivity index (χ0n) is 13.7. The van der Waals surface area contributed by atoms with Gasteiger partial charge in [0.2, 0.25) is 5.91 Å². The quantitative estimate of drug-likeness (QED) is 0.730. The van der Waals surface area contributed by atoms with Crippen molar-refractivity contribution in [1.82, 2.24) is 5.32 Å². The van der Waals surface area contributed by atoms with Gasteiger partial charge in [0.25, 0.3) is 0 Å². The van der Waals surface area contributed by atoms with E-state index in [0.29, 0.717) is 0 Å². The van der Waals surface area contributed by atoms with Gasteiger partial charge in [-0.2, -0.15) is 0 Å². The van der Waals surface area contributed by atoms with Crippen molar-refractivity contribution in [3.63, 3.8) is 0 Å². The molecule has 0 radical (unpaired) electrons. The maximum Gasteiger partial charge on any atom is 0.224 e. The summed E-state index contributed by atoms with van der Waals surface area (Å²) in [6, 6.07) is 6.17. The number of rotatable bonds is 6. The molecule has 1 aromatic carbocycles. The van der Waals surface area contributed by atoms with Crippen LogP contribution in [0, 0.1) is 5.92 Å². The van der Waals surface area contributed by atoms with E-state index in [1.807, 2.05) is 0 Å². The van der Waals surface area contributed by atoms with Crippen molar-refractivity contribution >= 4 is 44.1 Å². The number of nitrogens with two attached hydrogens (primary N) is 1. The molecule has 0 fully saturated rings. The molecule has 0 saturated heterocycles. The summed E-state index contributed by atoms with van der Waals surface area (Å²) in [6.07, 6.45) is 0. The minimum atomic E-state index is -3.56. The lowest BCUT2D eigenvalue weighted by Crippen LogP contribution is -2.47. The molecule has 0 bridgehead atoms. The summed E-state index contributed by atoms with van der Waals surface area (Å²) in [4.78, 5) is 12.2. The zero-order valence-corrected chi connectivity index (χ0v) is 16.9. The molecule has 0 aliphatic carbocycles. The topological polar surface area (TPSA) is 89.3 Å². The molecular formula is C15H24BrClN2O3S. The predicted octanol–water partition coefficient (Wildman–Crippen LogP) is 2.52. The highest BCUT2D eigenvalue weighted by atomic mass is 79.9. The third kappa shape index (κ3) is 5.45. The molecule has 132 valence electrons. The van der Waals surface area contributed by atoms with Crippen LogP contribution < -0.4 is 11.1 Å². The molecule has 5 nitrogen and oxygen atoms in total. The van der Waals surface area contributed by atoms with Gasteiger partial charge < -0.3 is 11.1 Å². The summed E-state index contributed by atoms with van der Waals surface area (Å²) < 4.78 is 25.1. The number of sulfone groups is 1. The molecule has 0 saturated carbocycles. The maximum atomic E-state index is 12.7. The van der Waals surface area contributed by atoms with Crippen LogP contribution in [-0.2, 0) is 14.6 Å². The molecule has 0 spiro atoms. The molecule has 1 amide bonds. The third-order valence-corrected chi connectivity index (χ3v) is 6.76. The second-order valence-corrected chi connectivity index (χ2v) is 9.58.